The molecule has 0 spiro atoms. The molecule has 0 atom stereocenters. The van der Waals surface area contributed by atoms with Crippen LogP contribution in [0.5, 0.6) is 0 Å². The standard InChI is InChI=1S/C26H16N2O2/c1-3-7-17(8-4-1)25-27-21-15-19(11-13-23(21)29-25)20-12-14-24-22(16-20)28-26(30-24)18-9-5-2-6-10-18/h1-16H. The van der Waals surface area contributed by atoms with E-state index in [1.54, 1.807) is 0 Å². The fourth-order valence-electron chi connectivity index (χ4n) is 3.62. The second-order valence-corrected chi connectivity index (χ2v) is 7.14. The van der Waals surface area contributed by atoms with Gasteiger partial charge in [-0.3, -0.25) is 0 Å². The van der Waals surface area contributed by atoms with Gasteiger partial charge in [-0.1, -0.05) is 48.5 Å². The maximum atomic E-state index is 5.93. The summed E-state index contributed by atoms with van der Waals surface area (Å²) >= 11 is 0. The van der Waals surface area contributed by atoms with E-state index in [4.69, 9.17) is 8.83 Å². The molecule has 6 aromatic rings. The minimum atomic E-state index is 0.627. The molecule has 4 aromatic carbocycles. The van der Waals surface area contributed by atoms with Crippen molar-refractivity contribution in [2.45, 2.75) is 0 Å². The van der Waals surface area contributed by atoms with Crippen molar-refractivity contribution in [3.8, 4) is 34.0 Å². The van der Waals surface area contributed by atoms with E-state index in [2.05, 4.69) is 9.97 Å². The van der Waals surface area contributed by atoms with Crippen LogP contribution in [0.3, 0.4) is 0 Å². The molecule has 4 heteroatoms. The third-order valence-corrected chi connectivity index (χ3v) is 5.15. The Bertz CT molecular complexity index is 1370. The van der Waals surface area contributed by atoms with E-state index in [0.29, 0.717) is 11.8 Å². The zero-order valence-electron chi connectivity index (χ0n) is 15.9. The van der Waals surface area contributed by atoms with Gasteiger partial charge in [0.1, 0.15) is 11.0 Å². The van der Waals surface area contributed by atoms with Crippen LogP contribution in [0.15, 0.2) is 106 Å². The molecule has 30 heavy (non-hydrogen) atoms. The summed E-state index contributed by atoms with van der Waals surface area (Å²) in [7, 11) is 0. The van der Waals surface area contributed by atoms with Gasteiger partial charge >= 0.3 is 0 Å². The van der Waals surface area contributed by atoms with Crippen LogP contribution >= 0.6 is 0 Å². The van der Waals surface area contributed by atoms with E-state index < -0.39 is 0 Å². The highest BCUT2D eigenvalue weighted by Gasteiger charge is 2.12. The molecular weight excluding hydrogens is 372 g/mol. The van der Waals surface area contributed by atoms with E-state index in [1.165, 1.54) is 0 Å². The molecule has 0 aliphatic heterocycles. The molecule has 2 heterocycles. The van der Waals surface area contributed by atoms with Crippen LogP contribution in [0.2, 0.25) is 0 Å². The zero-order valence-corrected chi connectivity index (χ0v) is 15.9. The number of benzene rings is 4. The Balaban J connectivity index is 1.40. The van der Waals surface area contributed by atoms with Gasteiger partial charge in [-0.15, -0.1) is 0 Å². The van der Waals surface area contributed by atoms with Gasteiger partial charge in [-0.2, -0.15) is 0 Å². The van der Waals surface area contributed by atoms with E-state index in [9.17, 15) is 0 Å². The normalized spacial score (nSPS) is 11.3. The molecule has 0 amide bonds. The lowest BCUT2D eigenvalue weighted by atomic mass is 10.0. The van der Waals surface area contributed by atoms with Crippen LogP contribution in [0.1, 0.15) is 0 Å². The first kappa shape index (κ1) is 16.7. The van der Waals surface area contributed by atoms with Crippen molar-refractivity contribution < 1.29 is 8.83 Å². The average Bonchev–Trinajstić information content (AvgIpc) is 3.43. The van der Waals surface area contributed by atoms with Crippen molar-refractivity contribution in [3.63, 3.8) is 0 Å². The van der Waals surface area contributed by atoms with Gasteiger partial charge in [0.25, 0.3) is 0 Å². The van der Waals surface area contributed by atoms with Gasteiger partial charge in [-0.05, 0) is 59.7 Å². The van der Waals surface area contributed by atoms with Crippen molar-refractivity contribution in [2.24, 2.45) is 0 Å². The third-order valence-electron chi connectivity index (χ3n) is 5.15. The van der Waals surface area contributed by atoms with Crippen molar-refractivity contribution in [3.05, 3.63) is 97.1 Å². The number of oxazole rings is 2. The highest BCUT2D eigenvalue weighted by molar-refractivity contribution is 5.86. The SMILES string of the molecule is c1ccc(-c2nc3cc(-c4ccc5oc(-c6ccccc6)nc5c4)ccc3o2)cc1. The summed E-state index contributed by atoms with van der Waals surface area (Å²) in [5.74, 6) is 1.25. The van der Waals surface area contributed by atoms with Gasteiger partial charge in [0.15, 0.2) is 11.2 Å². The quantitative estimate of drug-likeness (QED) is 0.328. The van der Waals surface area contributed by atoms with Crippen LogP contribution in [0.25, 0.3) is 56.2 Å². The van der Waals surface area contributed by atoms with Crippen LogP contribution < -0.4 is 0 Å². The van der Waals surface area contributed by atoms with Crippen molar-refractivity contribution in [1.29, 1.82) is 0 Å². The number of rotatable bonds is 3. The van der Waals surface area contributed by atoms with E-state index in [0.717, 1.165) is 44.5 Å². The minimum absolute atomic E-state index is 0.627. The van der Waals surface area contributed by atoms with Crippen molar-refractivity contribution >= 4 is 22.2 Å². The average molecular weight is 388 g/mol. The molecule has 2 aromatic heterocycles. The zero-order chi connectivity index (χ0) is 19.9. The smallest absolute Gasteiger partial charge is 0.227 e. The molecule has 0 radical (unpaired) electrons. The highest BCUT2D eigenvalue weighted by atomic mass is 16.4. The first-order valence-electron chi connectivity index (χ1n) is 9.76. The Morgan fingerprint density at radius 2 is 0.867 bits per heavy atom. The molecule has 0 unspecified atom stereocenters. The van der Waals surface area contributed by atoms with Gasteiger partial charge in [0.2, 0.25) is 11.8 Å². The van der Waals surface area contributed by atoms with Gasteiger partial charge in [0.05, 0.1) is 0 Å². The molecule has 0 saturated heterocycles. The highest BCUT2D eigenvalue weighted by Crippen LogP contribution is 2.31. The number of fused-ring (bicyclic) bond motifs is 2. The summed E-state index contributed by atoms with van der Waals surface area (Å²) in [6.07, 6.45) is 0. The Kier molecular flexibility index (Phi) is 3.74. The van der Waals surface area contributed by atoms with E-state index in [1.807, 2.05) is 97.1 Å². The fraction of sp³-hybridized carbons (Fsp3) is 0. The second kappa shape index (κ2) is 6.71. The van der Waals surface area contributed by atoms with E-state index >= 15 is 0 Å². The Hall–Kier alpha value is -4.18. The predicted molar refractivity (Wildman–Crippen MR) is 118 cm³/mol. The Labute approximate surface area is 172 Å². The predicted octanol–water partition coefficient (Wildman–Crippen LogP) is 6.97. The first-order valence-corrected chi connectivity index (χ1v) is 9.76. The number of hydrogen-bond acceptors (Lipinski definition) is 4. The lowest BCUT2D eigenvalue weighted by Gasteiger charge is -2.00. The molecule has 0 aliphatic rings. The summed E-state index contributed by atoms with van der Waals surface area (Å²) in [5, 5.41) is 0. The molecule has 0 bridgehead atoms. The minimum Gasteiger partial charge on any atom is -0.436 e. The van der Waals surface area contributed by atoms with Crippen molar-refractivity contribution in [1.82, 2.24) is 9.97 Å². The van der Waals surface area contributed by atoms with Crippen molar-refractivity contribution in [2.75, 3.05) is 0 Å². The molecule has 142 valence electrons. The molecule has 0 N–H and O–H groups in total. The maximum absolute atomic E-state index is 5.93. The summed E-state index contributed by atoms with van der Waals surface area (Å²) in [6.45, 7) is 0. The number of hydrogen-bond donors (Lipinski definition) is 0. The van der Waals surface area contributed by atoms with Crippen LogP contribution in [0.4, 0.5) is 0 Å². The fourth-order valence-corrected chi connectivity index (χ4v) is 3.62. The third kappa shape index (κ3) is 2.86. The number of aromatic nitrogens is 2. The second-order valence-electron chi connectivity index (χ2n) is 7.14. The van der Waals surface area contributed by atoms with E-state index in [-0.39, 0.29) is 0 Å². The molecule has 6 rings (SSSR count). The van der Waals surface area contributed by atoms with Crippen LogP contribution in [-0.2, 0) is 0 Å². The summed E-state index contributed by atoms with van der Waals surface area (Å²) in [5.41, 5.74) is 7.25. The molecular formula is C26H16N2O2. The summed E-state index contributed by atoms with van der Waals surface area (Å²) in [4.78, 5) is 9.35. The number of nitrogens with zero attached hydrogens (tertiary/aromatic N) is 2. The lowest BCUT2D eigenvalue weighted by molar-refractivity contribution is 0.619. The Morgan fingerprint density at radius 3 is 1.30 bits per heavy atom. The lowest BCUT2D eigenvalue weighted by Crippen LogP contribution is -1.79. The molecule has 0 aliphatic carbocycles. The largest absolute Gasteiger partial charge is 0.436 e. The summed E-state index contributed by atoms with van der Waals surface area (Å²) < 4.78 is 11.9. The monoisotopic (exact) mass is 388 g/mol. The molecule has 0 saturated carbocycles. The molecule has 4 nitrogen and oxygen atoms in total. The molecule has 0 fully saturated rings. The first-order chi connectivity index (χ1) is 14.8. The summed E-state index contributed by atoms with van der Waals surface area (Å²) in [6, 6.07) is 32.0. The van der Waals surface area contributed by atoms with Crippen LogP contribution in [-0.4, -0.2) is 9.97 Å². The maximum Gasteiger partial charge on any atom is 0.227 e. The Morgan fingerprint density at radius 1 is 0.433 bits per heavy atom. The topological polar surface area (TPSA) is 52.1 Å². The van der Waals surface area contributed by atoms with Gasteiger partial charge in [0, 0.05) is 11.1 Å². The van der Waals surface area contributed by atoms with Crippen LogP contribution in [0, 0.1) is 0 Å². The van der Waals surface area contributed by atoms with Gasteiger partial charge < -0.3 is 8.83 Å². The van der Waals surface area contributed by atoms with Gasteiger partial charge in [-0.25, -0.2) is 9.97 Å².